The Morgan fingerprint density at radius 2 is 1.97 bits per heavy atom. The van der Waals surface area contributed by atoms with Crippen LogP contribution in [-0.2, 0) is 4.79 Å². The SMILES string of the molecule is C=CC(=O)Nc1cc(Nc2nccc(-n3cnc4ccc(C#N)cc43)n2)c(OC)cc1N(C)CCN(C)C. The van der Waals surface area contributed by atoms with Crippen molar-refractivity contribution in [1.82, 2.24) is 24.4 Å². The highest BCUT2D eigenvalue weighted by atomic mass is 16.5. The van der Waals surface area contributed by atoms with E-state index in [1.54, 1.807) is 54.5 Å². The lowest BCUT2D eigenvalue weighted by Crippen LogP contribution is -2.29. The second-order valence-corrected chi connectivity index (χ2v) is 8.78. The molecule has 0 radical (unpaired) electrons. The normalized spacial score (nSPS) is 10.7. The van der Waals surface area contributed by atoms with Crippen LogP contribution in [0, 0.1) is 11.3 Å². The third kappa shape index (κ3) is 5.71. The van der Waals surface area contributed by atoms with Crippen molar-refractivity contribution in [1.29, 1.82) is 5.26 Å². The van der Waals surface area contributed by atoms with Gasteiger partial charge in [0.25, 0.3) is 0 Å². The van der Waals surface area contributed by atoms with E-state index in [1.165, 1.54) is 6.08 Å². The zero-order valence-corrected chi connectivity index (χ0v) is 21.8. The number of hydrogen-bond acceptors (Lipinski definition) is 9. The van der Waals surface area contributed by atoms with E-state index in [2.05, 4.69) is 43.1 Å². The molecule has 0 saturated carbocycles. The topological polar surface area (TPSA) is 124 Å². The fourth-order valence-corrected chi connectivity index (χ4v) is 3.83. The van der Waals surface area contributed by atoms with Crippen LogP contribution in [0.3, 0.4) is 0 Å². The predicted octanol–water partition coefficient (Wildman–Crippen LogP) is 3.56. The van der Waals surface area contributed by atoms with Crippen molar-refractivity contribution in [3.05, 3.63) is 67.1 Å². The van der Waals surface area contributed by atoms with Crippen LogP contribution in [0.25, 0.3) is 16.9 Å². The molecule has 0 saturated heterocycles. The number of ether oxygens (including phenoxy) is 1. The molecule has 0 atom stereocenters. The van der Waals surface area contributed by atoms with Gasteiger partial charge in [-0.15, -0.1) is 0 Å². The molecule has 1 amide bonds. The number of anilines is 4. The number of carbonyl (C=O) groups excluding carboxylic acids is 1. The summed E-state index contributed by atoms with van der Waals surface area (Å²) in [5, 5.41) is 15.4. The van der Waals surface area contributed by atoms with Gasteiger partial charge in [-0.2, -0.15) is 10.2 Å². The van der Waals surface area contributed by atoms with E-state index in [9.17, 15) is 10.1 Å². The number of hydrogen-bond donors (Lipinski definition) is 2. The van der Waals surface area contributed by atoms with Gasteiger partial charge in [0.15, 0.2) is 0 Å². The van der Waals surface area contributed by atoms with Gasteiger partial charge in [-0.25, -0.2) is 9.97 Å². The average molecular weight is 512 g/mol. The Bertz CT molecular complexity index is 1520. The van der Waals surface area contributed by atoms with E-state index in [-0.39, 0.29) is 5.91 Å². The smallest absolute Gasteiger partial charge is 0.247 e. The highest BCUT2D eigenvalue weighted by Gasteiger charge is 2.17. The number of amides is 1. The molecule has 2 aromatic heterocycles. The zero-order chi connectivity index (χ0) is 27.2. The van der Waals surface area contributed by atoms with Crippen molar-refractivity contribution in [2.75, 3.05) is 56.9 Å². The van der Waals surface area contributed by atoms with Crippen molar-refractivity contribution >= 4 is 40.0 Å². The van der Waals surface area contributed by atoms with Crippen LogP contribution in [-0.4, -0.2) is 71.7 Å². The van der Waals surface area contributed by atoms with Gasteiger partial charge in [-0.3, -0.25) is 9.36 Å². The molecule has 4 aromatic rings. The van der Waals surface area contributed by atoms with E-state index in [0.717, 1.165) is 29.8 Å². The number of methoxy groups -OCH3 is 1. The van der Waals surface area contributed by atoms with Crippen LogP contribution in [0.1, 0.15) is 5.56 Å². The molecule has 0 aliphatic carbocycles. The maximum absolute atomic E-state index is 12.2. The highest BCUT2D eigenvalue weighted by molar-refractivity contribution is 6.02. The molecule has 11 heteroatoms. The number of benzene rings is 2. The minimum absolute atomic E-state index is 0.314. The summed E-state index contributed by atoms with van der Waals surface area (Å²) >= 11 is 0. The third-order valence-electron chi connectivity index (χ3n) is 5.87. The van der Waals surface area contributed by atoms with Gasteiger partial charge in [0, 0.05) is 32.4 Å². The first-order valence-electron chi connectivity index (χ1n) is 11.8. The molecule has 194 valence electrons. The number of imidazole rings is 1. The Balaban J connectivity index is 1.70. The Morgan fingerprint density at radius 3 is 2.68 bits per heavy atom. The number of carbonyl (C=O) groups is 1. The molecule has 4 rings (SSSR count). The number of nitriles is 1. The summed E-state index contributed by atoms with van der Waals surface area (Å²) in [6.45, 7) is 5.12. The Hall–Kier alpha value is -4.95. The molecule has 2 aromatic carbocycles. The summed E-state index contributed by atoms with van der Waals surface area (Å²) in [6.07, 6.45) is 4.50. The number of rotatable bonds is 10. The summed E-state index contributed by atoms with van der Waals surface area (Å²) in [6, 6.07) is 12.8. The summed E-state index contributed by atoms with van der Waals surface area (Å²) in [5.41, 5.74) is 3.97. The molecular formula is C27H29N9O2. The first-order chi connectivity index (χ1) is 18.3. The quantitative estimate of drug-likeness (QED) is 0.308. The molecule has 2 N–H and O–H groups in total. The second kappa shape index (κ2) is 11.4. The number of likely N-dealkylation sites (N-methyl/N-ethyl adjacent to an activating group) is 2. The molecule has 0 unspecified atom stereocenters. The van der Waals surface area contributed by atoms with Gasteiger partial charge in [-0.05, 0) is 50.5 Å². The van der Waals surface area contributed by atoms with Crippen LogP contribution in [0.5, 0.6) is 5.75 Å². The van der Waals surface area contributed by atoms with Gasteiger partial charge in [0.2, 0.25) is 11.9 Å². The maximum Gasteiger partial charge on any atom is 0.247 e. The number of aromatic nitrogens is 4. The summed E-state index contributed by atoms with van der Waals surface area (Å²) in [7, 11) is 7.54. The summed E-state index contributed by atoms with van der Waals surface area (Å²) in [4.78, 5) is 29.8. The molecular weight excluding hydrogens is 482 g/mol. The molecule has 0 fully saturated rings. The first kappa shape index (κ1) is 26.1. The van der Waals surface area contributed by atoms with Crippen molar-refractivity contribution in [2.24, 2.45) is 0 Å². The molecule has 0 bridgehead atoms. The molecule has 2 heterocycles. The van der Waals surface area contributed by atoms with Crippen LogP contribution in [0.2, 0.25) is 0 Å². The maximum atomic E-state index is 12.2. The third-order valence-corrected chi connectivity index (χ3v) is 5.87. The average Bonchev–Trinajstić information content (AvgIpc) is 3.35. The fourth-order valence-electron chi connectivity index (χ4n) is 3.83. The molecule has 0 aliphatic heterocycles. The van der Waals surface area contributed by atoms with E-state index in [4.69, 9.17) is 4.74 Å². The van der Waals surface area contributed by atoms with Crippen LogP contribution in [0.4, 0.5) is 23.0 Å². The minimum atomic E-state index is -0.328. The highest BCUT2D eigenvalue weighted by Crippen LogP contribution is 2.38. The summed E-state index contributed by atoms with van der Waals surface area (Å²) < 4.78 is 7.46. The van der Waals surface area contributed by atoms with Gasteiger partial charge in [-0.1, -0.05) is 6.58 Å². The lowest BCUT2D eigenvalue weighted by atomic mass is 10.2. The van der Waals surface area contributed by atoms with E-state index >= 15 is 0 Å². The van der Waals surface area contributed by atoms with Crippen molar-refractivity contribution in [3.8, 4) is 17.6 Å². The molecule has 38 heavy (non-hydrogen) atoms. The van der Waals surface area contributed by atoms with Gasteiger partial charge in [0.1, 0.15) is 17.9 Å². The minimum Gasteiger partial charge on any atom is -0.494 e. The van der Waals surface area contributed by atoms with Crippen LogP contribution >= 0.6 is 0 Å². The molecule has 0 aliphatic rings. The fraction of sp³-hybridized carbons (Fsp3) is 0.222. The monoisotopic (exact) mass is 511 g/mol. The van der Waals surface area contributed by atoms with Gasteiger partial charge in [0.05, 0.1) is 46.8 Å². The number of nitrogens with zero attached hydrogens (tertiary/aromatic N) is 7. The van der Waals surface area contributed by atoms with E-state index < -0.39 is 0 Å². The van der Waals surface area contributed by atoms with Crippen LogP contribution < -0.4 is 20.3 Å². The second-order valence-electron chi connectivity index (χ2n) is 8.78. The first-order valence-corrected chi connectivity index (χ1v) is 11.8. The molecule has 0 spiro atoms. The standard InChI is InChI=1S/C27H29N9O2/c1-6-26(37)31-20-14-21(24(38-5)15-22(20)35(4)12-11-34(2)3)32-27-29-10-9-25(33-27)36-17-30-19-8-7-18(16-28)13-23(19)36/h6-10,13-15,17H,1,11-12H2,2-5H3,(H,31,37)(H,29,32,33). The van der Waals surface area contributed by atoms with Crippen molar-refractivity contribution < 1.29 is 9.53 Å². The van der Waals surface area contributed by atoms with Crippen LogP contribution in [0.15, 0.2) is 61.6 Å². The van der Waals surface area contributed by atoms with Crippen molar-refractivity contribution in [2.45, 2.75) is 0 Å². The predicted molar refractivity (Wildman–Crippen MR) is 148 cm³/mol. The lowest BCUT2D eigenvalue weighted by Gasteiger charge is -2.26. The Morgan fingerprint density at radius 1 is 1.16 bits per heavy atom. The Labute approximate surface area is 221 Å². The summed E-state index contributed by atoms with van der Waals surface area (Å²) in [5.74, 6) is 1.10. The zero-order valence-electron chi connectivity index (χ0n) is 21.8. The Kier molecular flexibility index (Phi) is 7.84. The van der Waals surface area contributed by atoms with Gasteiger partial charge >= 0.3 is 0 Å². The molecule has 11 nitrogen and oxygen atoms in total. The van der Waals surface area contributed by atoms with Crippen molar-refractivity contribution in [3.63, 3.8) is 0 Å². The largest absolute Gasteiger partial charge is 0.494 e. The number of nitrogens with one attached hydrogen (secondary N) is 2. The number of fused-ring (bicyclic) bond motifs is 1. The van der Waals surface area contributed by atoms with E-state index in [1.807, 2.05) is 32.1 Å². The van der Waals surface area contributed by atoms with E-state index in [0.29, 0.717) is 34.5 Å². The lowest BCUT2D eigenvalue weighted by molar-refractivity contribution is -0.111. The van der Waals surface area contributed by atoms with Gasteiger partial charge < -0.3 is 25.2 Å².